The van der Waals surface area contributed by atoms with E-state index in [1.807, 2.05) is 54.6 Å². The first-order valence-corrected chi connectivity index (χ1v) is 13.0. The Labute approximate surface area is 226 Å². The highest BCUT2D eigenvalue weighted by atomic mass is 32.1. The average Bonchev–Trinajstić information content (AvgIpc) is 3.59. The fourth-order valence-electron chi connectivity index (χ4n) is 4.52. The van der Waals surface area contributed by atoms with Gasteiger partial charge in [-0.15, -0.1) is 15.9 Å². The number of aromatic nitrogens is 6. The zero-order valence-corrected chi connectivity index (χ0v) is 21.6. The first kappa shape index (κ1) is 24.2. The summed E-state index contributed by atoms with van der Waals surface area (Å²) in [6.45, 7) is 1.78. The van der Waals surface area contributed by atoms with Crippen LogP contribution in [0.3, 0.4) is 0 Å². The van der Waals surface area contributed by atoms with Crippen LogP contribution in [0, 0.1) is 0 Å². The lowest BCUT2D eigenvalue weighted by Crippen LogP contribution is -2.34. The van der Waals surface area contributed by atoms with Crippen molar-refractivity contribution >= 4 is 51.8 Å². The molecule has 0 radical (unpaired) electrons. The second-order valence-corrected chi connectivity index (χ2v) is 9.75. The largest absolute Gasteiger partial charge is 0.382 e. The lowest BCUT2D eigenvalue weighted by atomic mass is 10.1. The number of nitrogens with two attached hydrogens (primary N) is 1. The van der Waals surface area contributed by atoms with E-state index in [-0.39, 0.29) is 16.9 Å². The Bertz CT molecular complexity index is 1910. The molecule has 1 unspecified atom stereocenters. The van der Waals surface area contributed by atoms with E-state index in [2.05, 4.69) is 20.4 Å². The molecule has 10 nitrogen and oxygen atoms in total. The fourth-order valence-corrected chi connectivity index (χ4v) is 5.03. The minimum atomic E-state index is -0.649. The van der Waals surface area contributed by atoms with Gasteiger partial charge in [0.15, 0.2) is 11.4 Å². The van der Waals surface area contributed by atoms with E-state index in [4.69, 9.17) is 10.7 Å². The fraction of sp³-hybridized carbons (Fsp3) is 0.0714. The molecule has 39 heavy (non-hydrogen) atoms. The number of benzene rings is 2. The molecule has 4 aromatic heterocycles. The van der Waals surface area contributed by atoms with Gasteiger partial charge in [0.05, 0.1) is 28.1 Å². The normalized spacial score (nSPS) is 12.3. The molecule has 1 atom stereocenters. The second-order valence-electron chi connectivity index (χ2n) is 8.83. The number of carbonyl (C=O) groups is 1. The quantitative estimate of drug-likeness (QED) is 0.279. The van der Waals surface area contributed by atoms with E-state index >= 15 is 0 Å². The van der Waals surface area contributed by atoms with Crippen molar-refractivity contribution in [1.29, 1.82) is 0 Å². The van der Waals surface area contributed by atoms with Crippen LogP contribution in [-0.2, 0) is 0 Å². The molecule has 6 rings (SSSR count). The molecule has 0 aliphatic carbocycles. The van der Waals surface area contributed by atoms with Gasteiger partial charge >= 0.3 is 5.65 Å². The van der Waals surface area contributed by atoms with E-state index in [0.717, 1.165) is 10.4 Å². The zero-order chi connectivity index (χ0) is 26.9. The van der Waals surface area contributed by atoms with Crippen LogP contribution in [0.25, 0.3) is 34.4 Å². The van der Waals surface area contributed by atoms with Crippen molar-refractivity contribution in [3.8, 4) is 5.69 Å². The number of nitrogen functional groups attached to an aromatic ring is 1. The van der Waals surface area contributed by atoms with Gasteiger partial charge in [-0.25, -0.2) is 10.1 Å². The van der Waals surface area contributed by atoms with Crippen molar-refractivity contribution in [2.24, 2.45) is 0 Å². The van der Waals surface area contributed by atoms with Gasteiger partial charge in [-0.3, -0.25) is 19.1 Å². The van der Waals surface area contributed by atoms with Crippen LogP contribution in [0.5, 0.6) is 0 Å². The number of rotatable bonds is 6. The van der Waals surface area contributed by atoms with E-state index < -0.39 is 11.9 Å². The number of anilines is 1. The van der Waals surface area contributed by atoms with Crippen LogP contribution < -0.4 is 21.1 Å². The molecule has 6 aromatic rings. The van der Waals surface area contributed by atoms with Crippen molar-refractivity contribution in [2.75, 3.05) is 5.73 Å². The maximum atomic E-state index is 14.1. The van der Waals surface area contributed by atoms with Gasteiger partial charge in [0.1, 0.15) is 18.2 Å². The minimum Gasteiger partial charge on any atom is -0.382 e. The van der Waals surface area contributed by atoms with Gasteiger partial charge in [0, 0.05) is 17.1 Å². The Morgan fingerprint density at radius 1 is 1.15 bits per heavy atom. The third-order valence-electron chi connectivity index (χ3n) is 6.29. The van der Waals surface area contributed by atoms with Gasteiger partial charge in [-0.1, -0.05) is 36.4 Å². The van der Waals surface area contributed by atoms with Crippen LogP contribution in [0.2, 0.25) is 0 Å². The highest BCUT2D eigenvalue weighted by molar-refractivity contribution is 7.10. The van der Waals surface area contributed by atoms with Crippen molar-refractivity contribution in [3.63, 3.8) is 0 Å². The maximum Gasteiger partial charge on any atom is 0.362 e. The van der Waals surface area contributed by atoms with Crippen molar-refractivity contribution in [3.05, 3.63) is 111 Å². The van der Waals surface area contributed by atoms with Gasteiger partial charge in [-0.05, 0) is 41.7 Å². The molecule has 4 heterocycles. The van der Waals surface area contributed by atoms with Gasteiger partial charge in [0.2, 0.25) is 0 Å². The molecule has 0 aliphatic heterocycles. The summed E-state index contributed by atoms with van der Waals surface area (Å²) < 4.78 is 3.12. The predicted molar refractivity (Wildman–Crippen MR) is 150 cm³/mol. The number of aromatic amines is 1. The number of nitrogens with zero attached hydrogens (tertiary/aromatic N) is 5. The second kappa shape index (κ2) is 9.95. The molecule has 2 aromatic carbocycles. The molecule has 0 saturated carbocycles. The Morgan fingerprint density at radius 3 is 2.79 bits per heavy atom. The summed E-state index contributed by atoms with van der Waals surface area (Å²) in [6.07, 6.45) is 8.89. The number of hydrogen-bond donors (Lipinski definition) is 3. The smallest absolute Gasteiger partial charge is 0.362 e. The summed E-state index contributed by atoms with van der Waals surface area (Å²) in [6, 6.07) is 15.9. The predicted octanol–water partition coefficient (Wildman–Crippen LogP) is 3.55. The molecule has 4 N–H and O–H groups in total. The molecule has 0 fully saturated rings. The van der Waals surface area contributed by atoms with E-state index in [0.29, 0.717) is 28.1 Å². The average molecular weight is 536 g/mol. The third kappa shape index (κ3) is 4.44. The minimum absolute atomic E-state index is 0.183. The molecule has 1 amide bonds. The number of H-pyrrole nitrogens is 1. The van der Waals surface area contributed by atoms with Crippen LogP contribution in [0.4, 0.5) is 5.82 Å². The highest BCUT2D eigenvalue weighted by Crippen LogP contribution is 2.23. The van der Waals surface area contributed by atoms with Gasteiger partial charge in [-0.2, -0.15) is 0 Å². The number of thiazole rings is 1. The molecule has 192 valence electrons. The zero-order valence-electron chi connectivity index (χ0n) is 20.8. The summed E-state index contributed by atoms with van der Waals surface area (Å²) in [5, 5.41) is 6.35. The van der Waals surface area contributed by atoms with Gasteiger partial charge in [0.25, 0.3) is 11.5 Å². The van der Waals surface area contributed by atoms with Gasteiger partial charge < -0.3 is 11.1 Å². The molecule has 0 bridgehead atoms. The monoisotopic (exact) mass is 535 g/mol. The highest BCUT2D eigenvalue weighted by Gasteiger charge is 2.27. The summed E-state index contributed by atoms with van der Waals surface area (Å²) in [5.74, 6) is 0.130. The van der Waals surface area contributed by atoms with Crippen LogP contribution in [0.1, 0.15) is 39.6 Å². The first-order valence-electron chi connectivity index (χ1n) is 12.1. The molecule has 11 heteroatoms. The molecular formula is C28H23N8O2S+. The molecule has 0 spiro atoms. The molecular weight excluding hydrogens is 512 g/mol. The molecule has 0 aliphatic rings. The maximum absolute atomic E-state index is 14.1. The van der Waals surface area contributed by atoms with Crippen molar-refractivity contribution in [1.82, 2.24) is 29.9 Å². The Hall–Kier alpha value is -5.16. The Morgan fingerprint density at radius 2 is 2.00 bits per heavy atom. The van der Waals surface area contributed by atoms with E-state index in [9.17, 15) is 9.59 Å². The summed E-state index contributed by atoms with van der Waals surface area (Å²) >= 11 is 1.51. The molecule has 0 saturated heterocycles. The first-order chi connectivity index (χ1) is 19.0. The van der Waals surface area contributed by atoms with Crippen molar-refractivity contribution < 1.29 is 9.31 Å². The van der Waals surface area contributed by atoms with Crippen LogP contribution in [-0.4, -0.2) is 30.5 Å². The topological polar surface area (TPSA) is 136 Å². The number of hydrogen-bond acceptors (Lipinski definition) is 7. The number of amides is 1. The van der Waals surface area contributed by atoms with E-state index in [1.165, 1.54) is 11.3 Å². The van der Waals surface area contributed by atoms with Crippen molar-refractivity contribution in [2.45, 2.75) is 13.0 Å². The number of carbonyl (C=O) groups excluding carboxylic acids is 1. The Balaban J connectivity index is 1.47. The van der Waals surface area contributed by atoms with E-state index in [1.54, 1.807) is 52.2 Å². The summed E-state index contributed by atoms with van der Waals surface area (Å²) in [7, 11) is 0. The lowest BCUT2D eigenvalue weighted by molar-refractivity contribution is -0.577. The number of nitrogens with one attached hydrogen (secondary N) is 2. The van der Waals surface area contributed by atoms with Crippen LogP contribution >= 0.6 is 11.3 Å². The summed E-state index contributed by atoms with van der Waals surface area (Å²) in [5.41, 5.74) is 10.1. The third-order valence-corrected chi connectivity index (χ3v) is 7.03. The number of para-hydroxylation sites is 1. The lowest BCUT2D eigenvalue weighted by Gasteiger charge is -2.20. The SMILES string of the molecule is CC(NC(=O)c1c(N)[nH][n+]2cccnc12)c1nc2cccc(C=Cc3cncs3)c2c(=O)n1-c1ccccc1. The number of fused-ring (bicyclic) bond motifs is 2. The summed E-state index contributed by atoms with van der Waals surface area (Å²) in [4.78, 5) is 41.7. The standard InChI is InChI=1S/C28H22N8O2S/c1-17(32-27(37)23-24(29)34-35-14-6-13-31-26(23)35)25-33-21-10-5-7-18(11-12-20-15-30-16-39-20)22(21)28(38)36(25)19-8-3-2-4-9-19/h2-17H,1H3,(H3,29,32,34,37)/p+1. The van der Waals surface area contributed by atoms with Crippen LogP contribution in [0.15, 0.2) is 83.5 Å². The Kier molecular flexibility index (Phi) is 6.17.